The quantitative estimate of drug-likeness (QED) is 0.685. The number of halogens is 3. The number of hydrogen-bond acceptors (Lipinski definition) is 1. The normalized spacial score (nSPS) is 29.7. The lowest BCUT2D eigenvalue weighted by molar-refractivity contribution is -0.139. The zero-order valence-electron chi connectivity index (χ0n) is 12.9. The molecule has 0 saturated carbocycles. The number of rotatable bonds is 0. The van der Waals surface area contributed by atoms with Gasteiger partial charge in [-0.05, 0) is 54.5 Å². The average molecular weight is 321 g/mol. The van der Waals surface area contributed by atoms with Crippen molar-refractivity contribution in [2.45, 2.75) is 44.3 Å². The van der Waals surface area contributed by atoms with Gasteiger partial charge in [-0.1, -0.05) is 12.1 Å². The molecule has 0 N–H and O–H groups in total. The maximum Gasteiger partial charge on any atom is 0.416 e. The van der Waals surface area contributed by atoms with E-state index in [-0.39, 0.29) is 17.4 Å². The monoisotopic (exact) mass is 321 g/mol. The van der Waals surface area contributed by atoms with Crippen LogP contribution in [0.15, 0.2) is 24.3 Å². The van der Waals surface area contributed by atoms with E-state index in [4.69, 9.17) is 0 Å². The first-order valence-corrected chi connectivity index (χ1v) is 8.02. The highest BCUT2D eigenvalue weighted by Crippen LogP contribution is 2.64. The van der Waals surface area contributed by atoms with Gasteiger partial charge < -0.3 is 4.90 Å². The number of alkyl halides is 3. The second-order valence-electron chi connectivity index (χ2n) is 6.87. The minimum Gasteiger partial charge on any atom is -0.338 e. The van der Waals surface area contributed by atoms with Crippen molar-refractivity contribution in [2.75, 3.05) is 7.05 Å². The Morgan fingerprint density at radius 3 is 2.78 bits per heavy atom. The fourth-order valence-electron chi connectivity index (χ4n) is 4.80. The highest BCUT2D eigenvalue weighted by molar-refractivity contribution is 5.86. The molecule has 0 bridgehead atoms. The van der Waals surface area contributed by atoms with Crippen molar-refractivity contribution < 1.29 is 18.0 Å². The van der Waals surface area contributed by atoms with E-state index < -0.39 is 11.7 Å². The van der Waals surface area contributed by atoms with Gasteiger partial charge in [-0.3, -0.25) is 4.79 Å². The van der Waals surface area contributed by atoms with Gasteiger partial charge in [0.1, 0.15) is 0 Å². The van der Waals surface area contributed by atoms with E-state index in [9.17, 15) is 18.0 Å². The molecule has 1 fully saturated rings. The fourth-order valence-corrected chi connectivity index (χ4v) is 4.80. The molecule has 1 aromatic rings. The molecule has 0 aromatic heterocycles. The van der Waals surface area contributed by atoms with Crippen molar-refractivity contribution in [3.63, 3.8) is 0 Å². The van der Waals surface area contributed by atoms with Crippen LogP contribution in [0, 0.1) is 5.41 Å². The Morgan fingerprint density at radius 2 is 2.04 bits per heavy atom. The highest BCUT2D eigenvalue weighted by Gasteiger charge is 2.55. The van der Waals surface area contributed by atoms with Crippen molar-refractivity contribution in [3.05, 3.63) is 41.0 Å². The third-order valence-electron chi connectivity index (χ3n) is 5.76. The van der Waals surface area contributed by atoms with Crippen LogP contribution in [-0.2, 0) is 11.0 Å². The molecule has 0 unspecified atom stereocenters. The third-order valence-corrected chi connectivity index (χ3v) is 5.76. The summed E-state index contributed by atoms with van der Waals surface area (Å²) in [5, 5.41) is 0. The van der Waals surface area contributed by atoms with Crippen molar-refractivity contribution >= 4 is 11.5 Å². The fraction of sp³-hybridized carbons (Fsp3) is 0.500. The number of nitrogens with zero attached hydrogens (tertiary/aromatic N) is 1. The van der Waals surface area contributed by atoms with Crippen LogP contribution < -0.4 is 0 Å². The molecule has 0 radical (unpaired) electrons. The van der Waals surface area contributed by atoms with Crippen LogP contribution in [0.5, 0.6) is 0 Å². The number of carbonyl (C=O) groups excluding carboxylic acids is 1. The van der Waals surface area contributed by atoms with Gasteiger partial charge in [0.15, 0.2) is 0 Å². The Labute approximate surface area is 133 Å². The topological polar surface area (TPSA) is 20.3 Å². The molecular weight excluding hydrogens is 303 g/mol. The molecule has 1 aromatic carbocycles. The van der Waals surface area contributed by atoms with Gasteiger partial charge >= 0.3 is 6.18 Å². The van der Waals surface area contributed by atoms with E-state index in [2.05, 4.69) is 6.08 Å². The van der Waals surface area contributed by atoms with Crippen molar-refractivity contribution in [2.24, 2.45) is 5.41 Å². The molecule has 23 heavy (non-hydrogen) atoms. The number of hydrogen-bond donors (Lipinski definition) is 0. The lowest BCUT2D eigenvalue weighted by Gasteiger charge is -2.47. The zero-order valence-corrected chi connectivity index (χ0v) is 12.9. The van der Waals surface area contributed by atoms with Gasteiger partial charge in [0.05, 0.1) is 11.6 Å². The molecule has 1 saturated heterocycles. The zero-order chi connectivity index (χ0) is 16.4. The van der Waals surface area contributed by atoms with Gasteiger partial charge in [0.25, 0.3) is 0 Å². The summed E-state index contributed by atoms with van der Waals surface area (Å²) in [6, 6.07) is 3.78. The van der Waals surface area contributed by atoms with Crippen molar-refractivity contribution in [1.29, 1.82) is 0 Å². The number of allylic oxidation sites excluding steroid dienone is 1. The molecule has 1 amide bonds. The number of piperidine rings is 1. The van der Waals surface area contributed by atoms with Crippen LogP contribution in [0.3, 0.4) is 0 Å². The molecule has 1 aliphatic heterocycles. The van der Waals surface area contributed by atoms with Crippen molar-refractivity contribution in [1.82, 2.24) is 4.90 Å². The standard InChI is InChI=1S/C18H18F3NO/c1-22-15(23)7-9-17-8-3-2-4-14(17)12-6-5-11(18(19,20)21)10-13(12)16(17)22/h4-6,10,16H,2-3,7-9H2,1H3/t16-,17+/m0/s1. The summed E-state index contributed by atoms with van der Waals surface area (Å²) in [5.41, 5.74) is 1.93. The van der Waals surface area contributed by atoms with E-state index in [1.165, 1.54) is 12.1 Å². The Bertz CT molecular complexity index is 721. The first-order valence-electron chi connectivity index (χ1n) is 8.02. The third kappa shape index (κ3) is 1.91. The first-order chi connectivity index (χ1) is 10.8. The van der Waals surface area contributed by atoms with Crippen LogP contribution in [0.25, 0.3) is 5.57 Å². The highest BCUT2D eigenvalue weighted by atomic mass is 19.4. The van der Waals surface area contributed by atoms with Gasteiger partial charge in [0.2, 0.25) is 5.91 Å². The smallest absolute Gasteiger partial charge is 0.338 e. The molecular formula is C18H18F3NO. The van der Waals surface area contributed by atoms with E-state index in [0.717, 1.165) is 36.8 Å². The van der Waals surface area contributed by atoms with Crippen LogP contribution in [0.2, 0.25) is 0 Å². The maximum atomic E-state index is 13.1. The predicted octanol–water partition coefficient (Wildman–Crippen LogP) is 4.57. The molecule has 2 atom stereocenters. The summed E-state index contributed by atoms with van der Waals surface area (Å²) in [5.74, 6) is 0.0239. The van der Waals surface area contributed by atoms with Crippen LogP contribution in [-0.4, -0.2) is 17.9 Å². The molecule has 3 aliphatic rings. The van der Waals surface area contributed by atoms with Gasteiger partial charge in [-0.2, -0.15) is 13.2 Å². The van der Waals surface area contributed by atoms with E-state index >= 15 is 0 Å². The Balaban J connectivity index is 1.94. The first kappa shape index (κ1) is 14.8. The number of carbonyl (C=O) groups is 1. The summed E-state index contributed by atoms with van der Waals surface area (Å²) in [4.78, 5) is 13.9. The number of benzene rings is 1. The SMILES string of the molecule is CN1C(=O)CC[C@]23CCCC=C2c2ccc(C(F)(F)F)cc2[C@H]13. The number of amides is 1. The molecule has 2 aliphatic carbocycles. The second kappa shape index (κ2) is 4.62. The van der Waals surface area contributed by atoms with Crippen molar-refractivity contribution in [3.8, 4) is 0 Å². The summed E-state index contributed by atoms with van der Waals surface area (Å²) >= 11 is 0. The van der Waals surface area contributed by atoms with Crippen LogP contribution >= 0.6 is 0 Å². The van der Waals surface area contributed by atoms with Gasteiger partial charge in [-0.25, -0.2) is 0 Å². The minimum atomic E-state index is -4.36. The van der Waals surface area contributed by atoms with Gasteiger partial charge in [0, 0.05) is 18.9 Å². The maximum absolute atomic E-state index is 13.1. The van der Waals surface area contributed by atoms with E-state index in [0.29, 0.717) is 12.0 Å². The average Bonchev–Trinajstić information content (AvgIpc) is 2.81. The molecule has 1 heterocycles. The molecule has 2 nitrogen and oxygen atoms in total. The second-order valence-corrected chi connectivity index (χ2v) is 6.87. The lowest BCUT2D eigenvalue weighted by atomic mass is 9.65. The van der Waals surface area contributed by atoms with Crippen LogP contribution in [0.4, 0.5) is 13.2 Å². The Morgan fingerprint density at radius 1 is 1.26 bits per heavy atom. The summed E-state index contributed by atoms with van der Waals surface area (Å²) in [6.07, 6.45) is 1.97. The predicted molar refractivity (Wildman–Crippen MR) is 80.5 cm³/mol. The van der Waals surface area contributed by atoms with E-state index in [1.54, 1.807) is 18.0 Å². The number of fused-ring (bicyclic) bond motifs is 3. The lowest BCUT2D eigenvalue weighted by Crippen LogP contribution is -2.45. The van der Waals surface area contributed by atoms with Gasteiger partial charge in [-0.15, -0.1) is 0 Å². The molecule has 4 rings (SSSR count). The van der Waals surface area contributed by atoms with E-state index in [1.807, 2.05) is 0 Å². The summed E-state index contributed by atoms with van der Waals surface area (Å²) in [7, 11) is 1.73. The minimum absolute atomic E-state index is 0.0239. The Hall–Kier alpha value is -1.78. The Kier molecular flexibility index (Phi) is 2.97. The van der Waals surface area contributed by atoms with Crippen LogP contribution in [0.1, 0.15) is 54.8 Å². The molecule has 5 heteroatoms. The largest absolute Gasteiger partial charge is 0.416 e. The summed E-state index contributed by atoms with van der Waals surface area (Å²) in [6.45, 7) is 0. The molecule has 122 valence electrons. The number of likely N-dealkylation sites (tertiary alicyclic amines) is 1. The molecule has 1 spiro atoms. The summed E-state index contributed by atoms with van der Waals surface area (Å²) < 4.78 is 39.4.